The van der Waals surface area contributed by atoms with Gasteiger partial charge in [-0.05, 0) is 72.6 Å². The third-order valence-electron chi connectivity index (χ3n) is 12.9. The maximum Gasteiger partial charge on any atom is 0.423 e. The van der Waals surface area contributed by atoms with Crippen molar-refractivity contribution >= 4 is 62.7 Å². The minimum atomic E-state index is -4.76. The first-order valence-electron chi connectivity index (χ1n) is 23.1. The van der Waals surface area contributed by atoms with E-state index >= 15 is 0 Å². The van der Waals surface area contributed by atoms with Crippen LogP contribution in [0.2, 0.25) is 0 Å². The SMILES string of the molecule is Cc1nc2c(s1)CCC(=O)c1nn(C)cc1-2.Cc1nc2c(s1)CCC(C(F)(F)F)c1nn(C)cc1-2.Cc1nc2c(s1)CCC(Cl)(C(F)(F)F)c1nn(C)cc1-2.Cc1nc2c(s1)CCC(O)(C(F)(F)F)c1nn(C)cc1-2. The average molecular weight is 1150 g/mol. The van der Waals surface area contributed by atoms with Crippen molar-refractivity contribution in [3.8, 4) is 45.0 Å². The number of carbonyl (C=O) groups excluding carboxylic acids is 1. The van der Waals surface area contributed by atoms with Crippen molar-refractivity contribution in [3.05, 3.63) is 87.1 Å². The zero-order valence-electron chi connectivity index (χ0n) is 41.2. The molecule has 0 aliphatic heterocycles. The van der Waals surface area contributed by atoms with Crippen molar-refractivity contribution in [1.29, 1.82) is 0 Å². The van der Waals surface area contributed by atoms with Crippen LogP contribution in [0.1, 0.15) is 98.7 Å². The van der Waals surface area contributed by atoms with E-state index in [0.717, 1.165) is 52.3 Å². The van der Waals surface area contributed by atoms with Crippen molar-refractivity contribution in [2.45, 2.75) is 114 Å². The molecular weight excluding hydrogens is 1100 g/mol. The topological polar surface area (TPSA) is 160 Å². The second kappa shape index (κ2) is 19.6. The molecule has 0 radical (unpaired) electrons. The molecule has 8 aromatic rings. The Morgan fingerprint density at radius 2 is 0.947 bits per heavy atom. The summed E-state index contributed by atoms with van der Waals surface area (Å²) in [5, 5.41) is 29.8. The Morgan fingerprint density at radius 1 is 0.533 bits per heavy atom. The Bertz CT molecular complexity index is 3350. The Morgan fingerprint density at radius 3 is 1.47 bits per heavy atom. The van der Waals surface area contributed by atoms with Crippen LogP contribution in [0, 0.1) is 27.7 Å². The molecule has 4 aliphatic carbocycles. The van der Waals surface area contributed by atoms with Crippen LogP contribution in [0.4, 0.5) is 39.5 Å². The van der Waals surface area contributed by atoms with Crippen LogP contribution < -0.4 is 0 Å². The van der Waals surface area contributed by atoms with Gasteiger partial charge in [-0.2, -0.15) is 59.9 Å². The normalized spacial score (nSPS) is 19.8. The molecule has 0 saturated carbocycles. The van der Waals surface area contributed by atoms with Gasteiger partial charge in [0.15, 0.2) is 10.7 Å². The lowest BCUT2D eigenvalue weighted by molar-refractivity contribution is -0.270. The van der Waals surface area contributed by atoms with Crippen molar-refractivity contribution < 1.29 is 49.4 Å². The van der Waals surface area contributed by atoms with E-state index in [0.29, 0.717) is 46.7 Å². The average Bonchev–Trinajstić information content (AvgIpc) is 4.19. The van der Waals surface area contributed by atoms with Gasteiger partial charge in [0.1, 0.15) is 17.1 Å². The minimum Gasteiger partial charge on any atom is -0.375 e. The highest BCUT2D eigenvalue weighted by atomic mass is 35.5. The van der Waals surface area contributed by atoms with Gasteiger partial charge in [0, 0.05) is 95.6 Å². The number of rotatable bonds is 0. The second-order valence-electron chi connectivity index (χ2n) is 18.5. The number of hydrogen-bond donors (Lipinski definition) is 1. The molecule has 400 valence electrons. The number of carbonyl (C=O) groups is 1. The van der Waals surface area contributed by atoms with Gasteiger partial charge in [-0.15, -0.1) is 56.9 Å². The van der Waals surface area contributed by atoms with Gasteiger partial charge in [0.2, 0.25) is 5.60 Å². The molecule has 0 bridgehead atoms. The van der Waals surface area contributed by atoms with Gasteiger partial charge < -0.3 is 5.11 Å². The summed E-state index contributed by atoms with van der Waals surface area (Å²) in [6.07, 6.45) is -5.50. The van der Waals surface area contributed by atoms with E-state index in [4.69, 9.17) is 11.6 Å². The zero-order chi connectivity index (χ0) is 54.5. The van der Waals surface area contributed by atoms with E-state index in [1.807, 2.05) is 40.9 Å². The number of aromatic nitrogens is 12. The molecule has 14 nitrogen and oxygen atoms in total. The number of nitrogens with zero attached hydrogens (tertiary/aromatic N) is 12. The van der Waals surface area contributed by atoms with Crippen LogP contribution >= 0.6 is 56.9 Å². The number of Topliss-reactive ketones (excluding diaryl/α,β-unsaturated/α-hetero) is 1. The molecule has 4 aliphatic rings. The van der Waals surface area contributed by atoms with Crippen molar-refractivity contribution in [3.63, 3.8) is 0 Å². The molecule has 8 heterocycles. The number of aryl methyl sites for hydroxylation is 12. The lowest BCUT2D eigenvalue weighted by Crippen LogP contribution is -2.43. The monoisotopic (exact) mass is 1140 g/mol. The van der Waals surface area contributed by atoms with Crippen molar-refractivity contribution in [2.75, 3.05) is 0 Å². The summed E-state index contributed by atoms with van der Waals surface area (Å²) in [7, 11) is 6.59. The number of halogens is 10. The van der Waals surface area contributed by atoms with Crippen LogP contribution in [-0.4, -0.2) is 88.5 Å². The quantitative estimate of drug-likeness (QED) is 0.114. The number of hydrogen-bond acceptors (Lipinski definition) is 14. The molecule has 75 heavy (non-hydrogen) atoms. The number of fused-ring (bicyclic) bond motifs is 12. The Kier molecular flexibility index (Phi) is 14.2. The molecular formula is C47H46ClF9N12O2S4. The smallest absolute Gasteiger partial charge is 0.375 e. The van der Waals surface area contributed by atoms with Gasteiger partial charge >= 0.3 is 18.5 Å². The minimum absolute atomic E-state index is 0.0438. The lowest BCUT2D eigenvalue weighted by atomic mass is 9.93. The third kappa shape index (κ3) is 10.2. The molecule has 0 amide bonds. The van der Waals surface area contributed by atoms with Crippen LogP contribution in [0.3, 0.4) is 0 Å². The van der Waals surface area contributed by atoms with E-state index in [9.17, 15) is 49.4 Å². The molecule has 28 heteroatoms. The fraction of sp³-hybridized carbons (Fsp3) is 0.468. The van der Waals surface area contributed by atoms with Gasteiger partial charge in [-0.1, -0.05) is 0 Å². The van der Waals surface area contributed by atoms with Gasteiger partial charge in [0.25, 0.3) is 0 Å². The standard InChI is InChI=1S/C12H11ClF3N3S.C12H12F3N3OS.C12H12F3N3S.C11H11N3OS/c1-6-17-9-7-5-19(2)18-10(7)11(13,12(14,15)16)4-3-8(9)20-6;1-6-16-9-7-5-18(2)17-10(7)11(19,12(13,14)15)4-3-8(9)20-6;1-6-16-11-7-5-18(2)17-10(7)8(12(13,14)15)3-4-9(11)19-6;1-6-12-11-7-5-14(2)13-10(7)8(15)3-4-9(11)16-6/h5H,3-4H2,1-2H3;5,19H,3-4H2,1-2H3;5,8H,3-4H2,1-2H3;5H,3-4H2,1-2H3. The number of thiazole rings is 4. The third-order valence-corrected chi connectivity index (χ3v) is 17.6. The van der Waals surface area contributed by atoms with Crippen LogP contribution in [-0.2, 0) is 64.3 Å². The van der Waals surface area contributed by atoms with Gasteiger partial charge in [-0.3, -0.25) is 23.5 Å². The number of ketones is 1. The second-order valence-corrected chi connectivity index (χ2v) is 24.3. The molecule has 0 saturated heterocycles. The molecule has 0 fully saturated rings. The first kappa shape index (κ1) is 54.4. The molecule has 0 spiro atoms. The summed E-state index contributed by atoms with van der Waals surface area (Å²) < 4.78 is 125. The molecule has 12 rings (SSSR count). The fourth-order valence-corrected chi connectivity index (χ4v) is 13.6. The van der Waals surface area contributed by atoms with E-state index < -0.39 is 41.3 Å². The maximum absolute atomic E-state index is 13.4. The van der Waals surface area contributed by atoms with E-state index in [-0.39, 0.29) is 54.1 Å². The summed E-state index contributed by atoms with van der Waals surface area (Å²) in [5.74, 6) is -1.37. The van der Waals surface area contributed by atoms with Gasteiger partial charge in [0.05, 0.1) is 60.0 Å². The van der Waals surface area contributed by atoms with Crippen LogP contribution in [0.25, 0.3) is 45.0 Å². The predicted molar refractivity (Wildman–Crippen MR) is 266 cm³/mol. The van der Waals surface area contributed by atoms with E-state index in [2.05, 4.69) is 40.3 Å². The zero-order valence-corrected chi connectivity index (χ0v) is 45.2. The highest BCUT2D eigenvalue weighted by Gasteiger charge is 2.59. The molecule has 8 aromatic heterocycles. The van der Waals surface area contributed by atoms with Crippen LogP contribution in [0.5, 0.6) is 0 Å². The summed E-state index contributed by atoms with van der Waals surface area (Å²) >= 11 is 11.9. The summed E-state index contributed by atoms with van der Waals surface area (Å²) in [5.41, 5.74) is 2.08. The van der Waals surface area contributed by atoms with Crippen molar-refractivity contribution in [2.24, 2.45) is 28.2 Å². The summed E-state index contributed by atoms with van der Waals surface area (Å²) in [4.78, 5) is 30.7. The largest absolute Gasteiger partial charge is 0.423 e. The predicted octanol–water partition coefficient (Wildman–Crippen LogP) is 11.8. The Balaban J connectivity index is 0.000000123. The van der Waals surface area contributed by atoms with Crippen LogP contribution in [0.15, 0.2) is 24.8 Å². The maximum atomic E-state index is 13.4. The van der Waals surface area contributed by atoms with Crippen molar-refractivity contribution in [1.82, 2.24) is 59.1 Å². The van der Waals surface area contributed by atoms with E-state index in [1.165, 1.54) is 66.2 Å². The Labute approximate surface area is 443 Å². The molecule has 1 N–H and O–H groups in total. The van der Waals surface area contributed by atoms with Gasteiger partial charge in [-0.25, -0.2) is 19.9 Å². The summed E-state index contributed by atoms with van der Waals surface area (Å²) in [6, 6.07) is 0. The molecule has 3 unspecified atom stereocenters. The summed E-state index contributed by atoms with van der Waals surface area (Å²) in [6.45, 7) is 7.52. The highest BCUT2D eigenvalue weighted by molar-refractivity contribution is 7.12. The fourth-order valence-electron chi connectivity index (χ4n) is 9.58. The lowest BCUT2D eigenvalue weighted by Gasteiger charge is -2.28. The number of aliphatic hydroxyl groups is 1. The first-order chi connectivity index (χ1) is 34.9. The van der Waals surface area contributed by atoms with E-state index in [1.54, 1.807) is 42.5 Å². The molecule has 0 aromatic carbocycles. The molecule has 3 atom stereocenters. The number of alkyl halides is 10. The highest BCUT2D eigenvalue weighted by Crippen LogP contribution is 2.54. The Hall–Kier alpha value is -5.35. The first-order valence-corrected chi connectivity index (χ1v) is 26.8.